The second-order valence-electron chi connectivity index (χ2n) is 4.66. The third kappa shape index (κ3) is 3.82. The topological polar surface area (TPSA) is 68.2 Å². The molecule has 1 aromatic heterocycles. The molecule has 0 saturated carbocycles. The molecule has 0 spiro atoms. The maximum absolute atomic E-state index is 11.8. The van der Waals surface area contributed by atoms with Crippen molar-refractivity contribution in [3.8, 4) is 0 Å². The van der Waals surface area contributed by atoms with E-state index >= 15 is 0 Å². The Morgan fingerprint density at radius 2 is 2.61 bits per heavy atom. The minimum atomic E-state index is -0.212. The van der Waals surface area contributed by atoms with E-state index in [1.165, 1.54) is 0 Å². The number of hydrogen-bond acceptors (Lipinski definition) is 4. The predicted octanol–water partition coefficient (Wildman–Crippen LogP) is -0.376. The van der Waals surface area contributed by atoms with Gasteiger partial charge >= 0.3 is 0 Å². The molecule has 0 aromatic carbocycles. The number of rotatable bonds is 5. The van der Waals surface area contributed by atoms with Crippen molar-refractivity contribution in [3.63, 3.8) is 0 Å². The van der Waals surface area contributed by atoms with E-state index in [0.717, 1.165) is 13.1 Å². The molecule has 2 heterocycles. The van der Waals surface area contributed by atoms with Crippen molar-refractivity contribution in [2.45, 2.75) is 19.5 Å². The molecule has 100 valence electrons. The highest BCUT2D eigenvalue weighted by Crippen LogP contribution is 1.99. The average molecular weight is 252 g/mol. The first-order chi connectivity index (χ1) is 8.75. The van der Waals surface area contributed by atoms with E-state index in [2.05, 4.69) is 22.7 Å². The van der Waals surface area contributed by atoms with E-state index in [9.17, 15) is 4.79 Å². The Kier molecular flexibility index (Phi) is 4.72. The van der Waals surface area contributed by atoms with E-state index in [4.69, 9.17) is 4.74 Å². The van der Waals surface area contributed by atoms with E-state index in [0.29, 0.717) is 25.7 Å². The predicted molar refractivity (Wildman–Crippen MR) is 67.0 cm³/mol. The number of aromatic nitrogens is 2. The first kappa shape index (κ1) is 13.0. The molecule has 1 amide bonds. The lowest BCUT2D eigenvalue weighted by Crippen LogP contribution is -2.51. The summed E-state index contributed by atoms with van der Waals surface area (Å²) in [6.45, 7) is 5.42. The normalized spacial score (nSPS) is 21.5. The van der Waals surface area contributed by atoms with E-state index in [1.807, 2.05) is 16.9 Å². The zero-order valence-electron chi connectivity index (χ0n) is 10.6. The summed E-state index contributed by atoms with van der Waals surface area (Å²) >= 11 is 0. The van der Waals surface area contributed by atoms with Crippen LogP contribution in [0.15, 0.2) is 18.5 Å². The summed E-state index contributed by atoms with van der Waals surface area (Å²) in [7, 11) is 0. The van der Waals surface area contributed by atoms with Gasteiger partial charge in [-0.2, -0.15) is 5.10 Å². The number of hydrogen-bond donors (Lipinski definition) is 2. The Labute approximate surface area is 107 Å². The van der Waals surface area contributed by atoms with Crippen LogP contribution in [0.25, 0.3) is 0 Å². The molecule has 6 nitrogen and oxygen atoms in total. The Morgan fingerprint density at radius 3 is 3.28 bits per heavy atom. The summed E-state index contributed by atoms with van der Waals surface area (Å²) < 4.78 is 7.13. The lowest BCUT2D eigenvalue weighted by molar-refractivity contribution is -0.126. The number of ether oxygens (including phenoxy) is 1. The number of carbonyl (C=O) groups excluding carboxylic acids is 1. The molecule has 6 heteroatoms. The van der Waals surface area contributed by atoms with Crippen LogP contribution in [-0.2, 0) is 16.1 Å². The summed E-state index contributed by atoms with van der Waals surface area (Å²) in [5, 5.41) is 10.2. The van der Waals surface area contributed by atoms with Gasteiger partial charge in [-0.1, -0.05) is 6.92 Å². The SMILES string of the molecule is CC(CNC(=O)C1COCCN1)Cn1cccn1. The average Bonchev–Trinajstić information content (AvgIpc) is 2.90. The maximum Gasteiger partial charge on any atom is 0.239 e. The van der Waals surface area contributed by atoms with Crippen molar-refractivity contribution in [1.82, 2.24) is 20.4 Å². The van der Waals surface area contributed by atoms with Gasteiger partial charge in [0.2, 0.25) is 5.91 Å². The summed E-state index contributed by atoms with van der Waals surface area (Å²) in [4.78, 5) is 11.8. The number of carbonyl (C=O) groups is 1. The van der Waals surface area contributed by atoms with Gasteiger partial charge in [-0.15, -0.1) is 0 Å². The van der Waals surface area contributed by atoms with Crippen LogP contribution in [0.4, 0.5) is 0 Å². The van der Waals surface area contributed by atoms with Gasteiger partial charge in [-0.25, -0.2) is 0 Å². The summed E-state index contributed by atoms with van der Waals surface area (Å²) in [6, 6.07) is 1.69. The quantitative estimate of drug-likeness (QED) is 0.750. The molecular weight excluding hydrogens is 232 g/mol. The number of nitrogens with zero attached hydrogens (tertiary/aromatic N) is 2. The van der Waals surface area contributed by atoms with Gasteiger partial charge in [0.25, 0.3) is 0 Å². The van der Waals surface area contributed by atoms with Crippen molar-refractivity contribution in [2.75, 3.05) is 26.3 Å². The molecule has 2 atom stereocenters. The highest BCUT2D eigenvalue weighted by Gasteiger charge is 2.21. The Hall–Kier alpha value is -1.40. The molecule has 0 bridgehead atoms. The minimum absolute atomic E-state index is 0.0158. The largest absolute Gasteiger partial charge is 0.378 e. The van der Waals surface area contributed by atoms with Crippen LogP contribution in [0.3, 0.4) is 0 Å². The molecule has 2 unspecified atom stereocenters. The third-order valence-electron chi connectivity index (χ3n) is 2.92. The van der Waals surface area contributed by atoms with Gasteiger partial charge in [-0.3, -0.25) is 9.48 Å². The maximum atomic E-state index is 11.8. The zero-order valence-corrected chi connectivity index (χ0v) is 10.6. The summed E-state index contributed by atoms with van der Waals surface area (Å²) in [6.07, 6.45) is 3.68. The van der Waals surface area contributed by atoms with Crippen molar-refractivity contribution in [2.24, 2.45) is 5.92 Å². The van der Waals surface area contributed by atoms with Gasteiger partial charge in [-0.05, 0) is 12.0 Å². The van der Waals surface area contributed by atoms with Crippen molar-refractivity contribution < 1.29 is 9.53 Å². The number of morpholine rings is 1. The van der Waals surface area contributed by atoms with Crippen molar-refractivity contribution in [1.29, 1.82) is 0 Å². The molecule has 1 aliphatic rings. The number of amides is 1. The standard InChI is InChI=1S/C12H20N4O2/c1-10(8-16-5-2-3-15-16)7-14-12(17)11-9-18-6-4-13-11/h2-3,5,10-11,13H,4,6-9H2,1H3,(H,14,17). The zero-order chi connectivity index (χ0) is 12.8. The fourth-order valence-electron chi connectivity index (χ4n) is 1.92. The monoisotopic (exact) mass is 252 g/mol. The van der Waals surface area contributed by atoms with E-state index in [1.54, 1.807) is 6.20 Å². The van der Waals surface area contributed by atoms with Crippen LogP contribution >= 0.6 is 0 Å². The molecule has 1 fully saturated rings. The van der Waals surface area contributed by atoms with Crippen molar-refractivity contribution >= 4 is 5.91 Å². The van der Waals surface area contributed by atoms with E-state index < -0.39 is 0 Å². The summed E-state index contributed by atoms with van der Waals surface area (Å²) in [5.74, 6) is 0.361. The first-order valence-electron chi connectivity index (χ1n) is 6.32. The molecular formula is C12H20N4O2. The minimum Gasteiger partial charge on any atom is -0.378 e. The van der Waals surface area contributed by atoms with Crippen LogP contribution in [0.5, 0.6) is 0 Å². The Balaban J connectivity index is 1.68. The second kappa shape index (κ2) is 6.51. The molecule has 0 radical (unpaired) electrons. The van der Waals surface area contributed by atoms with Crippen LogP contribution in [0, 0.1) is 5.92 Å². The Morgan fingerprint density at radius 1 is 1.72 bits per heavy atom. The van der Waals surface area contributed by atoms with Crippen LogP contribution in [0.1, 0.15) is 6.92 Å². The summed E-state index contributed by atoms with van der Waals surface area (Å²) in [5.41, 5.74) is 0. The van der Waals surface area contributed by atoms with Crippen LogP contribution in [-0.4, -0.2) is 48.0 Å². The van der Waals surface area contributed by atoms with Gasteiger partial charge in [0.05, 0.1) is 13.2 Å². The van der Waals surface area contributed by atoms with Crippen molar-refractivity contribution in [3.05, 3.63) is 18.5 Å². The molecule has 0 aliphatic carbocycles. The number of nitrogens with one attached hydrogen (secondary N) is 2. The smallest absolute Gasteiger partial charge is 0.239 e. The fourth-order valence-corrected chi connectivity index (χ4v) is 1.92. The molecule has 1 aliphatic heterocycles. The molecule has 1 saturated heterocycles. The Bertz CT molecular complexity index is 360. The lowest BCUT2D eigenvalue weighted by atomic mass is 10.1. The van der Waals surface area contributed by atoms with Crippen LogP contribution < -0.4 is 10.6 Å². The third-order valence-corrected chi connectivity index (χ3v) is 2.92. The first-order valence-corrected chi connectivity index (χ1v) is 6.32. The van der Waals surface area contributed by atoms with Gasteiger partial charge in [0, 0.05) is 32.0 Å². The van der Waals surface area contributed by atoms with Gasteiger partial charge < -0.3 is 15.4 Å². The van der Waals surface area contributed by atoms with E-state index in [-0.39, 0.29) is 11.9 Å². The molecule has 2 rings (SSSR count). The van der Waals surface area contributed by atoms with Gasteiger partial charge in [0.15, 0.2) is 0 Å². The van der Waals surface area contributed by atoms with Gasteiger partial charge in [0.1, 0.15) is 6.04 Å². The highest BCUT2D eigenvalue weighted by molar-refractivity contribution is 5.81. The second-order valence-corrected chi connectivity index (χ2v) is 4.66. The van der Waals surface area contributed by atoms with Crippen LogP contribution in [0.2, 0.25) is 0 Å². The molecule has 18 heavy (non-hydrogen) atoms. The lowest BCUT2D eigenvalue weighted by Gasteiger charge is -2.23. The highest BCUT2D eigenvalue weighted by atomic mass is 16.5. The molecule has 1 aromatic rings. The molecule has 2 N–H and O–H groups in total. The fraction of sp³-hybridized carbons (Fsp3) is 0.667.